The van der Waals surface area contributed by atoms with Crippen molar-refractivity contribution in [2.75, 3.05) is 0 Å². The summed E-state index contributed by atoms with van der Waals surface area (Å²) in [4.78, 5) is 21.5. The number of nitrogens with zero attached hydrogens (tertiary/aromatic N) is 2. The van der Waals surface area contributed by atoms with Crippen molar-refractivity contribution in [1.82, 2.24) is 15.0 Å². The predicted octanol–water partition coefficient (Wildman–Crippen LogP) is 5.59. The van der Waals surface area contributed by atoms with E-state index in [0.717, 1.165) is 12.1 Å². The molecule has 1 aromatic carbocycles. The van der Waals surface area contributed by atoms with Gasteiger partial charge in [-0.1, -0.05) is 29.3 Å². The summed E-state index contributed by atoms with van der Waals surface area (Å²) in [6.45, 7) is 0. The van der Waals surface area contributed by atoms with E-state index in [9.17, 15) is 26.7 Å². The number of alkyl halides is 5. The Balaban J connectivity index is 2.21. The lowest BCUT2D eigenvalue weighted by Gasteiger charge is -2.21. The summed E-state index contributed by atoms with van der Waals surface area (Å²) in [6, 6.07) is 7.58. The molecule has 0 unspecified atom stereocenters. The molecule has 3 aromatic rings. The predicted molar refractivity (Wildman–Crippen MR) is 94.6 cm³/mol. The largest absolute Gasteiger partial charge is 0.459 e. The third kappa shape index (κ3) is 4.18. The first kappa shape index (κ1) is 21.0. The van der Waals surface area contributed by atoms with Gasteiger partial charge in [0.05, 0.1) is 10.0 Å². The van der Waals surface area contributed by atoms with Gasteiger partial charge in [-0.2, -0.15) is 22.0 Å². The van der Waals surface area contributed by atoms with Crippen LogP contribution in [0.2, 0.25) is 10.0 Å². The van der Waals surface area contributed by atoms with Gasteiger partial charge < -0.3 is 9.72 Å². The minimum atomic E-state index is -6.04. The number of pyridine rings is 1. The van der Waals surface area contributed by atoms with Crippen LogP contribution in [0.1, 0.15) is 5.69 Å². The highest BCUT2D eigenvalue weighted by atomic mass is 35.5. The van der Waals surface area contributed by atoms with Crippen LogP contribution in [-0.4, -0.2) is 21.1 Å². The summed E-state index contributed by atoms with van der Waals surface area (Å²) in [6.07, 6.45) is -4.79. The molecule has 0 aliphatic heterocycles. The fourth-order valence-corrected chi connectivity index (χ4v) is 2.47. The molecule has 0 aliphatic carbocycles. The maximum atomic E-state index is 14.2. The molecule has 0 bridgehead atoms. The number of halogens is 7. The number of hydrogen-bond donors (Lipinski definition) is 1. The molecular weight excluding hydrogens is 444 g/mol. The Morgan fingerprint density at radius 3 is 2.31 bits per heavy atom. The first-order valence-electron chi connectivity index (χ1n) is 7.64. The summed E-state index contributed by atoms with van der Waals surface area (Å²) in [5.74, 6) is -7.71. The number of benzene rings is 1. The Bertz CT molecular complexity index is 1100. The van der Waals surface area contributed by atoms with Gasteiger partial charge >= 0.3 is 12.1 Å². The van der Waals surface area contributed by atoms with E-state index in [1.54, 1.807) is 0 Å². The molecule has 0 radical (unpaired) electrons. The maximum Gasteiger partial charge on any atom is 0.459 e. The topological polar surface area (TPSA) is 67.9 Å². The summed E-state index contributed by atoms with van der Waals surface area (Å²) in [5.41, 5.74) is -3.41. The van der Waals surface area contributed by atoms with E-state index < -0.39 is 34.9 Å². The average molecular weight is 452 g/mol. The lowest BCUT2D eigenvalue weighted by atomic mass is 10.2. The maximum absolute atomic E-state index is 14.2. The van der Waals surface area contributed by atoms with Crippen molar-refractivity contribution in [2.24, 2.45) is 0 Å². The van der Waals surface area contributed by atoms with Crippen LogP contribution in [-0.2, 0) is 5.92 Å². The van der Waals surface area contributed by atoms with Crippen molar-refractivity contribution < 1.29 is 26.7 Å². The summed E-state index contributed by atoms with van der Waals surface area (Å²) < 4.78 is 72.3. The van der Waals surface area contributed by atoms with Crippen molar-refractivity contribution in [3.63, 3.8) is 0 Å². The number of nitrogens with one attached hydrogen (secondary N) is 1. The second-order valence-electron chi connectivity index (χ2n) is 5.56. The van der Waals surface area contributed by atoms with Crippen molar-refractivity contribution in [2.45, 2.75) is 12.1 Å². The van der Waals surface area contributed by atoms with Gasteiger partial charge in [0.25, 0.3) is 5.56 Å². The van der Waals surface area contributed by atoms with Crippen LogP contribution in [0.3, 0.4) is 0 Å². The van der Waals surface area contributed by atoms with Crippen molar-refractivity contribution in [1.29, 1.82) is 0 Å². The molecule has 0 atom stereocenters. The second-order valence-corrected chi connectivity index (χ2v) is 6.37. The molecule has 0 spiro atoms. The molecule has 12 heteroatoms. The van der Waals surface area contributed by atoms with Crippen molar-refractivity contribution in [3.8, 4) is 23.0 Å². The molecule has 5 nitrogen and oxygen atoms in total. The molecule has 29 heavy (non-hydrogen) atoms. The molecule has 0 saturated heterocycles. The van der Waals surface area contributed by atoms with Crippen LogP contribution in [0, 0.1) is 0 Å². The van der Waals surface area contributed by atoms with E-state index in [1.807, 2.05) is 0 Å². The summed E-state index contributed by atoms with van der Waals surface area (Å²) in [5, 5.41) is 0.0141. The molecule has 3 rings (SSSR count). The summed E-state index contributed by atoms with van der Waals surface area (Å²) >= 11 is 11.5. The van der Waals surface area contributed by atoms with Crippen LogP contribution in [0.4, 0.5) is 22.0 Å². The van der Waals surface area contributed by atoms with E-state index in [0.29, 0.717) is 0 Å². The van der Waals surface area contributed by atoms with Crippen LogP contribution >= 0.6 is 23.2 Å². The van der Waals surface area contributed by atoms with Gasteiger partial charge in [-0.3, -0.25) is 9.78 Å². The number of H-pyrrole nitrogens is 1. The van der Waals surface area contributed by atoms with Gasteiger partial charge in [0.1, 0.15) is 11.4 Å². The van der Waals surface area contributed by atoms with E-state index in [1.165, 1.54) is 30.5 Å². The minimum Gasteiger partial charge on any atom is -0.449 e. The van der Waals surface area contributed by atoms with Gasteiger partial charge in [-0.15, -0.1) is 0 Å². The second kappa shape index (κ2) is 7.60. The highest BCUT2D eigenvalue weighted by Gasteiger charge is 2.62. The fraction of sp³-hybridized carbons (Fsp3) is 0.118. The van der Waals surface area contributed by atoms with E-state index in [2.05, 4.69) is 15.0 Å². The minimum absolute atomic E-state index is 0.0669. The first-order valence-corrected chi connectivity index (χ1v) is 8.40. The average Bonchev–Trinajstić information content (AvgIpc) is 2.65. The number of rotatable bonds is 4. The molecule has 2 aromatic heterocycles. The van der Waals surface area contributed by atoms with E-state index in [4.69, 9.17) is 27.9 Å². The lowest BCUT2D eigenvalue weighted by molar-refractivity contribution is -0.291. The zero-order chi connectivity index (χ0) is 21.4. The Morgan fingerprint density at radius 1 is 1.00 bits per heavy atom. The van der Waals surface area contributed by atoms with Crippen LogP contribution in [0.15, 0.2) is 47.4 Å². The highest BCUT2D eigenvalue weighted by molar-refractivity contribution is 6.42. The number of ether oxygens (including phenoxy) is 1. The van der Waals surface area contributed by atoms with Crippen molar-refractivity contribution >= 4 is 23.2 Å². The number of aromatic nitrogens is 3. The zero-order valence-electron chi connectivity index (χ0n) is 13.9. The first-order chi connectivity index (χ1) is 13.5. The Hall–Kier alpha value is -2.72. The van der Waals surface area contributed by atoms with Gasteiger partial charge in [-0.05, 0) is 24.3 Å². The van der Waals surface area contributed by atoms with Gasteiger partial charge in [-0.25, -0.2) is 4.98 Å². The van der Waals surface area contributed by atoms with Gasteiger partial charge in [0.2, 0.25) is 5.75 Å². The zero-order valence-corrected chi connectivity index (χ0v) is 15.4. The quantitative estimate of drug-likeness (QED) is 0.525. The Morgan fingerprint density at radius 2 is 1.72 bits per heavy atom. The monoisotopic (exact) mass is 451 g/mol. The van der Waals surface area contributed by atoms with Crippen molar-refractivity contribution in [3.05, 3.63) is 68.7 Å². The third-order valence-corrected chi connectivity index (χ3v) is 4.29. The van der Waals surface area contributed by atoms with Gasteiger partial charge in [0.15, 0.2) is 11.5 Å². The molecule has 0 amide bonds. The molecule has 2 heterocycles. The molecule has 1 N–H and O–H groups in total. The molecule has 152 valence electrons. The van der Waals surface area contributed by atoms with Gasteiger partial charge in [0, 0.05) is 12.3 Å². The van der Waals surface area contributed by atoms with E-state index in [-0.39, 0.29) is 21.5 Å². The molecule has 0 fully saturated rings. The lowest BCUT2D eigenvalue weighted by Crippen LogP contribution is -2.36. The molecular formula is C17H8Cl2F5N3O2. The summed E-state index contributed by atoms with van der Waals surface area (Å²) in [7, 11) is 0. The normalized spacial score (nSPS) is 12.1. The molecule has 0 aliphatic rings. The highest BCUT2D eigenvalue weighted by Crippen LogP contribution is 2.46. The SMILES string of the molecule is O=c1[nH]c(-c2ccccn2)nc(C(F)(F)C(F)(F)F)c1Oc1ccc(Cl)c(Cl)c1. The van der Waals surface area contributed by atoms with E-state index >= 15 is 0 Å². The smallest absolute Gasteiger partial charge is 0.449 e. The standard InChI is InChI=1S/C17H8Cl2F5N3O2/c18-9-5-4-8(7-10(9)19)29-12-13(16(20,21)17(22,23)24)26-14(27-15(12)28)11-3-1-2-6-25-11/h1-7H,(H,26,27,28). The Kier molecular flexibility index (Phi) is 5.50. The fourth-order valence-electron chi connectivity index (χ4n) is 2.19. The Labute approximate surface area is 169 Å². The number of aromatic amines is 1. The van der Waals surface area contributed by atoms with Crippen LogP contribution in [0.5, 0.6) is 11.5 Å². The molecule has 0 saturated carbocycles. The van der Waals surface area contributed by atoms with Crippen LogP contribution in [0.25, 0.3) is 11.5 Å². The van der Waals surface area contributed by atoms with Crippen LogP contribution < -0.4 is 10.3 Å². The number of hydrogen-bond acceptors (Lipinski definition) is 4. The third-order valence-electron chi connectivity index (χ3n) is 3.55.